The summed E-state index contributed by atoms with van der Waals surface area (Å²) in [6.45, 7) is 8.09. The number of aryl methyl sites for hydroxylation is 2. The highest BCUT2D eigenvalue weighted by Crippen LogP contribution is 2.10. The molecule has 0 aliphatic heterocycles. The van der Waals surface area contributed by atoms with Crippen molar-refractivity contribution in [1.29, 1.82) is 0 Å². The summed E-state index contributed by atoms with van der Waals surface area (Å²) in [5.41, 5.74) is 2.40. The van der Waals surface area contributed by atoms with Crippen LogP contribution in [-0.4, -0.2) is 12.0 Å². The van der Waals surface area contributed by atoms with Gasteiger partial charge in [0.05, 0.1) is 0 Å². The average Bonchev–Trinajstić information content (AvgIpc) is 2.08. The van der Waals surface area contributed by atoms with Crippen molar-refractivity contribution in [2.45, 2.75) is 27.7 Å². The number of aromatic nitrogens is 1. The maximum absolute atomic E-state index is 4.19. The van der Waals surface area contributed by atoms with Crippen molar-refractivity contribution in [2.24, 2.45) is 0 Å². The molecule has 1 aromatic rings. The van der Waals surface area contributed by atoms with Gasteiger partial charge in [0, 0.05) is 13.2 Å². The second-order valence-electron chi connectivity index (χ2n) is 2.43. The van der Waals surface area contributed by atoms with Gasteiger partial charge >= 0.3 is 0 Å². The SMILES string of the molecule is CC.CNc1ncc(C)cc1C. The number of nitrogens with one attached hydrogen (secondary N) is 1. The molecule has 12 heavy (non-hydrogen) atoms. The summed E-state index contributed by atoms with van der Waals surface area (Å²) >= 11 is 0. The highest BCUT2D eigenvalue weighted by molar-refractivity contribution is 5.43. The molecular formula is C10H18N2. The Bertz CT molecular complexity index is 231. The van der Waals surface area contributed by atoms with Gasteiger partial charge in [0.15, 0.2) is 0 Å². The Labute approximate surface area is 75.0 Å². The monoisotopic (exact) mass is 166 g/mol. The molecule has 2 nitrogen and oxygen atoms in total. The van der Waals surface area contributed by atoms with E-state index in [4.69, 9.17) is 0 Å². The molecule has 0 amide bonds. The van der Waals surface area contributed by atoms with Gasteiger partial charge in [-0.3, -0.25) is 0 Å². The average molecular weight is 166 g/mol. The molecule has 0 aliphatic rings. The van der Waals surface area contributed by atoms with Gasteiger partial charge in [0.25, 0.3) is 0 Å². The predicted molar refractivity (Wildman–Crippen MR) is 54.6 cm³/mol. The number of hydrogen-bond acceptors (Lipinski definition) is 2. The molecule has 0 aliphatic carbocycles. The van der Waals surface area contributed by atoms with E-state index in [-0.39, 0.29) is 0 Å². The largest absolute Gasteiger partial charge is 0.373 e. The van der Waals surface area contributed by atoms with Crippen molar-refractivity contribution in [3.8, 4) is 0 Å². The fraction of sp³-hybridized carbons (Fsp3) is 0.500. The van der Waals surface area contributed by atoms with E-state index in [1.807, 2.05) is 40.9 Å². The van der Waals surface area contributed by atoms with E-state index < -0.39 is 0 Å². The lowest BCUT2D eigenvalue weighted by atomic mass is 10.2. The van der Waals surface area contributed by atoms with Crippen LogP contribution in [0, 0.1) is 13.8 Å². The van der Waals surface area contributed by atoms with Gasteiger partial charge in [-0.2, -0.15) is 0 Å². The summed E-state index contributed by atoms with van der Waals surface area (Å²) < 4.78 is 0. The molecule has 0 saturated carbocycles. The van der Waals surface area contributed by atoms with Crippen LogP contribution in [0.1, 0.15) is 25.0 Å². The van der Waals surface area contributed by atoms with E-state index in [0.717, 1.165) is 5.82 Å². The van der Waals surface area contributed by atoms with Gasteiger partial charge in [-0.1, -0.05) is 19.9 Å². The maximum atomic E-state index is 4.19. The predicted octanol–water partition coefficient (Wildman–Crippen LogP) is 2.77. The summed E-state index contributed by atoms with van der Waals surface area (Å²) in [6.07, 6.45) is 1.86. The highest BCUT2D eigenvalue weighted by Gasteiger charge is 1.94. The fourth-order valence-electron chi connectivity index (χ4n) is 0.977. The zero-order valence-corrected chi connectivity index (χ0v) is 8.60. The van der Waals surface area contributed by atoms with Crippen LogP contribution in [0.15, 0.2) is 12.3 Å². The third-order valence-electron chi connectivity index (χ3n) is 1.45. The maximum Gasteiger partial charge on any atom is 0.128 e. The molecule has 1 aromatic heterocycles. The summed E-state index contributed by atoms with van der Waals surface area (Å²) in [4.78, 5) is 4.19. The van der Waals surface area contributed by atoms with Gasteiger partial charge in [0.1, 0.15) is 5.82 Å². The van der Waals surface area contributed by atoms with Crippen LogP contribution >= 0.6 is 0 Å². The minimum atomic E-state index is 0.964. The highest BCUT2D eigenvalue weighted by atomic mass is 15.0. The Kier molecular flexibility index (Phi) is 5.09. The number of pyridine rings is 1. The Morgan fingerprint density at radius 2 is 1.83 bits per heavy atom. The van der Waals surface area contributed by atoms with Crippen molar-refractivity contribution in [3.63, 3.8) is 0 Å². The third kappa shape index (κ3) is 2.91. The zero-order chi connectivity index (χ0) is 9.56. The number of nitrogens with zero attached hydrogens (tertiary/aromatic N) is 1. The lowest BCUT2D eigenvalue weighted by molar-refractivity contribution is 1.20. The van der Waals surface area contributed by atoms with Crippen molar-refractivity contribution >= 4 is 5.82 Å². The molecule has 1 rings (SSSR count). The van der Waals surface area contributed by atoms with Crippen molar-refractivity contribution in [3.05, 3.63) is 23.4 Å². The quantitative estimate of drug-likeness (QED) is 0.694. The van der Waals surface area contributed by atoms with Gasteiger partial charge < -0.3 is 5.32 Å². The third-order valence-corrected chi connectivity index (χ3v) is 1.45. The van der Waals surface area contributed by atoms with Crippen LogP contribution in [-0.2, 0) is 0 Å². The smallest absolute Gasteiger partial charge is 0.128 e. The molecule has 2 heteroatoms. The second kappa shape index (κ2) is 5.58. The molecule has 68 valence electrons. The van der Waals surface area contributed by atoms with Gasteiger partial charge in [-0.05, 0) is 25.0 Å². The standard InChI is InChI=1S/C8H12N2.C2H6/c1-6-4-7(2)8(9-3)10-5-6;1-2/h4-5H,1-3H3,(H,9,10);1-2H3. The first kappa shape index (κ1) is 11.0. The molecule has 0 aromatic carbocycles. The summed E-state index contributed by atoms with van der Waals surface area (Å²) in [5, 5.41) is 3.01. The Balaban J connectivity index is 0.000000561. The van der Waals surface area contributed by atoms with Crippen molar-refractivity contribution < 1.29 is 0 Å². The summed E-state index contributed by atoms with van der Waals surface area (Å²) in [7, 11) is 1.88. The normalized spacial score (nSPS) is 8.42. The second-order valence-corrected chi connectivity index (χ2v) is 2.43. The van der Waals surface area contributed by atoms with Crippen LogP contribution in [0.3, 0.4) is 0 Å². The van der Waals surface area contributed by atoms with Crippen molar-refractivity contribution in [1.82, 2.24) is 4.98 Å². The molecule has 0 bridgehead atoms. The van der Waals surface area contributed by atoms with E-state index in [1.54, 1.807) is 0 Å². The topological polar surface area (TPSA) is 24.9 Å². The van der Waals surface area contributed by atoms with E-state index in [9.17, 15) is 0 Å². The van der Waals surface area contributed by atoms with E-state index >= 15 is 0 Å². The van der Waals surface area contributed by atoms with Crippen LogP contribution in [0.25, 0.3) is 0 Å². The van der Waals surface area contributed by atoms with Gasteiger partial charge in [-0.25, -0.2) is 4.98 Å². The van der Waals surface area contributed by atoms with Gasteiger partial charge in [-0.15, -0.1) is 0 Å². The van der Waals surface area contributed by atoms with Crippen LogP contribution in [0.5, 0.6) is 0 Å². The van der Waals surface area contributed by atoms with Gasteiger partial charge in [0.2, 0.25) is 0 Å². The van der Waals surface area contributed by atoms with Crippen molar-refractivity contribution in [2.75, 3.05) is 12.4 Å². The summed E-state index contributed by atoms with van der Waals surface area (Å²) in [6, 6.07) is 2.11. The summed E-state index contributed by atoms with van der Waals surface area (Å²) in [5.74, 6) is 0.964. The number of anilines is 1. The molecule has 1 heterocycles. The molecule has 0 atom stereocenters. The minimum Gasteiger partial charge on any atom is -0.373 e. The molecule has 0 radical (unpaired) electrons. The number of rotatable bonds is 1. The minimum absolute atomic E-state index is 0.964. The molecule has 0 fully saturated rings. The molecule has 1 N–H and O–H groups in total. The van der Waals surface area contributed by atoms with Crippen LogP contribution in [0.4, 0.5) is 5.82 Å². The van der Waals surface area contributed by atoms with E-state index in [2.05, 4.69) is 16.4 Å². The first-order chi connectivity index (χ1) is 5.74. The van der Waals surface area contributed by atoms with Crippen LogP contribution < -0.4 is 5.32 Å². The number of hydrogen-bond donors (Lipinski definition) is 1. The molecular weight excluding hydrogens is 148 g/mol. The first-order valence-electron chi connectivity index (χ1n) is 4.35. The zero-order valence-electron chi connectivity index (χ0n) is 8.60. The van der Waals surface area contributed by atoms with E-state index in [1.165, 1.54) is 11.1 Å². The van der Waals surface area contributed by atoms with Crippen LogP contribution in [0.2, 0.25) is 0 Å². The Morgan fingerprint density at radius 1 is 1.25 bits per heavy atom. The first-order valence-corrected chi connectivity index (χ1v) is 4.35. The lowest BCUT2D eigenvalue weighted by Crippen LogP contribution is -1.94. The fourth-order valence-corrected chi connectivity index (χ4v) is 0.977. The molecule has 0 spiro atoms. The Morgan fingerprint density at radius 3 is 2.25 bits per heavy atom. The Hall–Kier alpha value is -1.05. The molecule has 0 unspecified atom stereocenters. The molecule has 0 saturated heterocycles. The lowest BCUT2D eigenvalue weighted by Gasteiger charge is -2.02. The van der Waals surface area contributed by atoms with E-state index in [0.29, 0.717) is 0 Å².